The zero-order chi connectivity index (χ0) is 17.4. The van der Waals surface area contributed by atoms with E-state index >= 15 is 0 Å². The first-order valence-electron chi connectivity index (χ1n) is 8.74. The monoisotopic (exact) mass is 496 g/mol. The Hall–Kier alpha value is -1.95. The third-order valence-electron chi connectivity index (χ3n) is 5.27. The minimum atomic E-state index is -0.278. The van der Waals surface area contributed by atoms with Gasteiger partial charge in [-0.05, 0) is 53.6 Å². The second-order valence-electron chi connectivity index (χ2n) is 6.49. The Balaban J connectivity index is 0.00000180. The summed E-state index contributed by atoms with van der Waals surface area (Å²) in [7, 11) is 0. The minimum absolute atomic E-state index is 0. The molecule has 1 aliphatic heterocycles. The summed E-state index contributed by atoms with van der Waals surface area (Å²) in [5.74, 6) is 0. The average Bonchev–Trinajstić information content (AvgIpc) is 2.84. The van der Waals surface area contributed by atoms with E-state index in [1.807, 2.05) is 12.2 Å². The van der Waals surface area contributed by atoms with E-state index in [1.165, 1.54) is 33.4 Å². The van der Waals surface area contributed by atoms with Crippen molar-refractivity contribution in [2.24, 2.45) is 0 Å². The molecule has 1 heterocycles. The zero-order valence-corrected chi connectivity index (χ0v) is 18.0. The van der Waals surface area contributed by atoms with Crippen LogP contribution in [0, 0.1) is 0 Å². The summed E-state index contributed by atoms with van der Waals surface area (Å²) in [4.78, 5) is 0. The Labute approximate surface area is 180 Å². The van der Waals surface area contributed by atoms with Gasteiger partial charge in [0.1, 0.15) is 0 Å². The molecule has 2 aliphatic carbocycles. The van der Waals surface area contributed by atoms with E-state index in [0.29, 0.717) is 0 Å². The number of rotatable bonds is 2. The predicted molar refractivity (Wildman–Crippen MR) is 120 cm³/mol. The Morgan fingerprint density at radius 1 is 0.778 bits per heavy atom. The van der Waals surface area contributed by atoms with E-state index in [9.17, 15) is 0 Å². The molecule has 2 aromatic carbocycles. The molecule has 0 spiro atoms. The van der Waals surface area contributed by atoms with Crippen LogP contribution in [0.1, 0.15) is 11.1 Å². The van der Waals surface area contributed by atoms with Gasteiger partial charge in [-0.1, -0.05) is 99.6 Å². The van der Waals surface area contributed by atoms with Crippen molar-refractivity contribution < 1.29 is 17.4 Å². The molecule has 0 atom stereocenters. The largest absolute Gasteiger partial charge is 0.120 e. The van der Waals surface area contributed by atoms with Crippen LogP contribution in [-0.2, 0) is 22.8 Å². The molecule has 0 saturated carbocycles. The van der Waals surface area contributed by atoms with Crippen molar-refractivity contribution in [3.8, 4) is 11.1 Å². The molecular weight excluding hydrogens is 479 g/mol. The molecule has 27 heavy (non-hydrogen) atoms. The van der Waals surface area contributed by atoms with Crippen molar-refractivity contribution in [3.63, 3.8) is 0 Å². The van der Waals surface area contributed by atoms with E-state index in [1.54, 1.807) is 0 Å². The normalized spacial score (nSPS) is 17.8. The molecule has 3 aliphatic rings. The van der Waals surface area contributed by atoms with E-state index in [-0.39, 0.29) is 43.5 Å². The van der Waals surface area contributed by atoms with Crippen molar-refractivity contribution in [3.05, 3.63) is 123 Å². The summed E-state index contributed by atoms with van der Waals surface area (Å²) in [6, 6.07) is 17.7. The standard InChI is InChI=1S/C25H17I.Cr/c1-2-4-10-19(9-3-1)25(20-15-17-26-18-16-20)23-13-7-5-11-21(23)22-12-6-8-14-24(22)25;/h1-3,5-18H;. The van der Waals surface area contributed by atoms with Crippen LogP contribution in [0.3, 0.4) is 0 Å². The summed E-state index contributed by atoms with van der Waals surface area (Å²) in [5.41, 5.74) is 11.1. The van der Waals surface area contributed by atoms with Gasteiger partial charge in [-0.25, -0.2) is 0 Å². The molecule has 0 bridgehead atoms. The second kappa shape index (κ2) is 7.58. The van der Waals surface area contributed by atoms with Crippen molar-refractivity contribution in [1.29, 1.82) is 0 Å². The fourth-order valence-electron chi connectivity index (χ4n) is 4.27. The van der Waals surface area contributed by atoms with E-state index < -0.39 is 0 Å². The summed E-state index contributed by atoms with van der Waals surface area (Å²) < 4.78 is 4.73. The SMILES string of the molecule is C1=CC=CC=C(C2(C3=CC=IC=C3)c3ccccc3-c3ccccc32)C=1.[Cr]. The first-order chi connectivity index (χ1) is 12.9. The van der Waals surface area contributed by atoms with Crippen LogP contribution in [0.4, 0.5) is 0 Å². The van der Waals surface area contributed by atoms with Crippen LogP contribution in [0.15, 0.2) is 112 Å². The fourth-order valence-corrected chi connectivity index (χ4v) is 5.70. The van der Waals surface area contributed by atoms with Gasteiger partial charge in [-0.15, -0.1) is 5.73 Å². The maximum Gasteiger partial charge on any atom is 0.0719 e. The predicted octanol–water partition coefficient (Wildman–Crippen LogP) is 6.38. The van der Waals surface area contributed by atoms with Crippen LogP contribution in [0.5, 0.6) is 0 Å². The van der Waals surface area contributed by atoms with Gasteiger partial charge in [0, 0.05) is 17.4 Å². The number of benzene rings is 2. The van der Waals surface area contributed by atoms with Gasteiger partial charge in [-0.2, -0.15) is 0 Å². The minimum Gasteiger partial charge on any atom is -0.120 e. The van der Waals surface area contributed by atoms with Crippen LogP contribution in [0.2, 0.25) is 0 Å². The molecule has 0 unspecified atom stereocenters. The number of fused-ring (bicyclic) bond motifs is 3. The fraction of sp³-hybridized carbons (Fsp3) is 0.0400. The summed E-state index contributed by atoms with van der Waals surface area (Å²) in [6.07, 6.45) is 15.2. The number of hydrogen-bond acceptors (Lipinski definition) is 0. The maximum absolute atomic E-state index is 3.34. The van der Waals surface area contributed by atoms with Gasteiger partial charge in [0.25, 0.3) is 0 Å². The van der Waals surface area contributed by atoms with Crippen molar-refractivity contribution in [2.75, 3.05) is 0 Å². The van der Waals surface area contributed by atoms with Gasteiger partial charge in [0.15, 0.2) is 0 Å². The smallest absolute Gasteiger partial charge is 0.0719 e. The Morgan fingerprint density at radius 3 is 2.15 bits per heavy atom. The zero-order valence-electron chi connectivity index (χ0n) is 14.6. The van der Waals surface area contributed by atoms with Gasteiger partial charge < -0.3 is 0 Å². The molecule has 0 nitrogen and oxygen atoms in total. The second-order valence-corrected chi connectivity index (χ2v) is 8.65. The van der Waals surface area contributed by atoms with E-state index in [2.05, 4.69) is 92.7 Å². The molecule has 0 fully saturated rings. The van der Waals surface area contributed by atoms with Crippen molar-refractivity contribution in [2.45, 2.75) is 5.41 Å². The van der Waals surface area contributed by atoms with Crippen LogP contribution in [-0.4, -0.2) is 4.01 Å². The first kappa shape index (κ1) is 18.4. The van der Waals surface area contributed by atoms with E-state index in [0.717, 1.165) is 0 Å². The van der Waals surface area contributed by atoms with Crippen molar-refractivity contribution in [1.82, 2.24) is 0 Å². The summed E-state index contributed by atoms with van der Waals surface area (Å²) in [6.45, 7) is 0. The van der Waals surface area contributed by atoms with Crippen molar-refractivity contribution >= 4 is 24.7 Å². The molecule has 2 aromatic rings. The van der Waals surface area contributed by atoms with Crippen LogP contribution in [0.25, 0.3) is 11.1 Å². The average molecular weight is 496 g/mol. The number of allylic oxidation sites excluding steroid dienone is 8. The number of hydrogen-bond donors (Lipinski definition) is 0. The molecule has 130 valence electrons. The molecule has 2 heteroatoms. The third-order valence-corrected chi connectivity index (χ3v) is 6.82. The molecule has 0 aromatic heterocycles. The van der Waals surface area contributed by atoms with E-state index in [4.69, 9.17) is 0 Å². The molecule has 0 N–H and O–H groups in total. The van der Waals surface area contributed by atoms with Gasteiger partial charge in [0.2, 0.25) is 0 Å². The summed E-state index contributed by atoms with van der Waals surface area (Å²) in [5, 5.41) is 0. The number of halogens is 1. The molecule has 5 rings (SSSR count). The Bertz CT molecular complexity index is 1070. The van der Waals surface area contributed by atoms with Gasteiger partial charge >= 0.3 is 0 Å². The summed E-state index contributed by atoms with van der Waals surface area (Å²) >= 11 is 0.0412. The van der Waals surface area contributed by atoms with Gasteiger partial charge in [-0.3, -0.25) is 0 Å². The maximum atomic E-state index is 3.34. The molecular formula is C25H17CrI. The van der Waals surface area contributed by atoms with Crippen LogP contribution < -0.4 is 0 Å². The molecule has 0 amide bonds. The topological polar surface area (TPSA) is 0 Å². The quantitative estimate of drug-likeness (QED) is 0.334. The molecule has 0 radical (unpaired) electrons. The van der Waals surface area contributed by atoms with Gasteiger partial charge in [0.05, 0.1) is 5.41 Å². The van der Waals surface area contributed by atoms with Crippen LogP contribution >= 0.6 is 20.7 Å². The first-order valence-corrected chi connectivity index (χ1v) is 11.2. The Kier molecular flexibility index (Phi) is 5.17. The third kappa shape index (κ3) is 2.76. The molecule has 0 saturated heterocycles. The Morgan fingerprint density at radius 2 is 1.48 bits per heavy atom.